The minimum absolute atomic E-state index is 0.456. The summed E-state index contributed by atoms with van der Waals surface area (Å²) in [7, 11) is 0. The van der Waals surface area contributed by atoms with Crippen molar-refractivity contribution < 1.29 is 13.5 Å². The molecule has 1 aromatic rings. The molecule has 0 unspecified atom stereocenters. The van der Waals surface area contributed by atoms with Crippen molar-refractivity contribution in [3.8, 4) is 5.75 Å². The SMILES string of the molecule is CCOc1cc(F)c(F)cc1CN1CCCC1. The number of ether oxygens (including phenoxy) is 1. The highest BCUT2D eigenvalue weighted by atomic mass is 19.2. The summed E-state index contributed by atoms with van der Waals surface area (Å²) < 4.78 is 31.7. The smallest absolute Gasteiger partial charge is 0.162 e. The van der Waals surface area contributed by atoms with Crippen LogP contribution in [-0.4, -0.2) is 24.6 Å². The molecule has 1 aliphatic rings. The zero-order valence-corrected chi connectivity index (χ0v) is 10.0. The summed E-state index contributed by atoms with van der Waals surface area (Å²) in [6.45, 7) is 4.96. The van der Waals surface area contributed by atoms with E-state index in [1.54, 1.807) is 0 Å². The molecular weight excluding hydrogens is 224 g/mol. The van der Waals surface area contributed by atoms with Gasteiger partial charge in [0.1, 0.15) is 5.75 Å². The first-order chi connectivity index (χ1) is 8.20. The van der Waals surface area contributed by atoms with Crippen LogP contribution >= 0.6 is 0 Å². The lowest BCUT2D eigenvalue weighted by Crippen LogP contribution is -2.19. The van der Waals surface area contributed by atoms with Crippen LogP contribution in [0.15, 0.2) is 12.1 Å². The summed E-state index contributed by atoms with van der Waals surface area (Å²) in [5, 5.41) is 0. The number of nitrogens with zero attached hydrogens (tertiary/aromatic N) is 1. The maximum Gasteiger partial charge on any atom is 0.162 e. The minimum atomic E-state index is -0.848. The Balaban J connectivity index is 2.20. The van der Waals surface area contributed by atoms with Crippen molar-refractivity contribution in [3.63, 3.8) is 0 Å². The summed E-state index contributed by atoms with van der Waals surface area (Å²) in [5.74, 6) is -1.19. The molecule has 0 spiro atoms. The topological polar surface area (TPSA) is 12.5 Å². The zero-order chi connectivity index (χ0) is 12.3. The van der Waals surface area contributed by atoms with Gasteiger partial charge in [-0.05, 0) is 38.9 Å². The summed E-state index contributed by atoms with van der Waals surface area (Å²) in [6.07, 6.45) is 2.35. The van der Waals surface area contributed by atoms with Gasteiger partial charge in [-0.25, -0.2) is 8.78 Å². The number of hydrogen-bond donors (Lipinski definition) is 0. The zero-order valence-electron chi connectivity index (χ0n) is 10.0. The lowest BCUT2D eigenvalue weighted by Gasteiger charge is -2.17. The Hall–Kier alpha value is -1.16. The third-order valence-corrected chi connectivity index (χ3v) is 3.00. The van der Waals surface area contributed by atoms with E-state index in [1.165, 1.54) is 18.9 Å². The maximum absolute atomic E-state index is 13.2. The van der Waals surface area contributed by atoms with Crippen LogP contribution in [0, 0.1) is 11.6 Å². The maximum atomic E-state index is 13.2. The van der Waals surface area contributed by atoms with Gasteiger partial charge >= 0.3 is 0 Å². The Morgan fingerprint density at radius 3 is 2.47 bits per heavy atom. The van der Waals surface area contributed by atoms with Crippen LogP contribution in [0.3, 0.4) is 0 Å². The molecule has 0 amide bonds. The molecule has 1 fully saturated rings. The van der Waals surface area contributed by atoms with Crippen LogP contribution in [0.5, 0.6) is 5.75 Å². The molecule has 0 saturated carbocycles. The second kappa shape index (κ2) is 5.45. The van der Waals surface area contributed by atoms with Crippen LogP contribution in [-0.2, 0) is 6.54 Å². The first-order valence-electron chi connectivity index (χ1n) is 6.03. The Kier molecular flexibility index (Phi) is 3.94. The quantitative estimate of drug-likeness (QED) is 0.803. The highest BCUT2D eigenvalue weighted by molar-refractivity contribution is 5.34. The largest absolute Gasteiger partial charge is 0.493 e. The van der Waals surface area contributed by atoms with Crippen molar-refractivity contribution in [2.24, 2.45) is 0 Å². The fraction of sp³-hybridized carbons (Fsp3) is 0.538. The minimum Gasteiger partial charge on any atom is -0.493 e. The molecule has 0 atom stereocenters. The highest BCUT2D eigenvalue weighted by Gasteiger charge is 2.16. The molecule has 0 bridgehead atoms. The normalized spacial score (nSPS) is 16.4. The molecule has 2 rings (SSSR count). The van der Waals surface area contributed by atoms with Gasteiger partial charge in [-0.2, -0.15) is 0 Å². The van der Waals surface area contributed by atoms with Gasteiger partial charge < -0.3 is 4.74 Å². The molecule has 1 heterocycles. The molecule has 0 N–H and O–H groups in total. The van der Waals surface area contributed by atoms with Crippen molar-refractivity contribution in [3.05, 3.63) is 29.3 Å². The Morgan fingerprint density at radius 1 is 1.18 bits per heavy atom. The predicted octanol–water partition coefficient (Wildman–Crippen LogP) is 2.96. The molecule has 17 heavy (non-hydrogen) atoms. The van der Waals surface area contributed by atoms with Gasteiger partial charge in [0.05, 0.1) is 6.61 Å². The number of likely N-dealkylation sites (tertiary alicyclic amines) is 1. The van der Waals surface area contributed by atoms with E-state index in [4.69, 9.17) is 4.74 Å². The molecule has 1 aromatic carbocycles. The van der Waals surface area contributed by atoms with Gasteiger partial charge in [0, 0.05) is 18.2 Å². The molecule has 0 aliphatic carbocycles. The molecule has 1 aliphatic heterocycles. The van der Waals surface area contributed by atoms with E-state index in [0.29, 0.717) is 18.9 Å². The molecule has 94 valence electrons. The van der Waals surface area contributed by atoms with Crippen molar-refractivity contribution in [1.29, 1.82) is 0 Å². The average Bonchev–Trinajstić information content (AvgIpc) is 2.78. The number of hydrogen-bond acceptors (Lipinski definition) is 2. The van der Waals surface area contributed by atoms with Gasteiger partial charge in [-0.1, -0.05) is 0 Å². The van der Waals surface area contributed by atoms with Crippen LogP contribution in [0.2, 0.25) is 0 Å². The molecule has 0 aromatic heterocycles. The van der Waals surface area contributed by atoms with Gasteiger partial charge in [0.2, 0.25) is 0 Å². The van der Waals surface area contributed by atoms with Crippen LogP contribution in [0.4, 0.5) is 8.78 Å². The van der Waals surface area contributed by atoms with Gasteiger partial charge in [-0.3, -0.25) is 4.90 Å². The van der Waals surface area contributed by atoms with Crippen molar-refractivity contribution in [2.75, 3.05) is 19.7 Å². The Morgan fingerprint density at radius 2 is 1.82 bits per heavy atom. The summed E-state index contributed by atoms with van der Waals surface area (Å²) in [4.78, 5) is 2.23. The van der Waals surface area contributed by atoms with E-state index in [1.807, 2.05) is 6.92 Å². The van der Waals surface area contributed by atoms with E-state index in [2.05, 4.69) is 4.90 Å². The van der Waals surface area contributed by atoms with Crippen molar-refractivity contribution in [1.82, 2.24) is 4.90 Å². The predicted molar refractivity (Wildman–Crippen MR) is 62.0 cm³/mol. The lowest BCUT2D eigenvalue weighted by atomic mass is 10.1. The lowest BCUT2D eigenvalue weighted by molar-refractivity contribution is 0.301. The molecule has 2 nitrogen and oxygen atoms in total. The van der Waals surface area contributed by atoms with Crippen LogP contribution in [0.25, 0.3) is 0 Å². The molecular formula is C13H17F2NO. The summed E-state index contributed by atoms with van der Waals surface area (Å²) >= 11 is 0. The standard InChI is InChI=1S/C13H17F2NO/c1-2-17-13-8-12(15)11(14)7-10(13)9-16-5-3-4-6-16/h7-8H,2-6,9H2,1H3. The number of benzene rings is 1. The fourth-order valence-electron chi connectivity index (χ4n) is 2.16. The van der Waals surface area contributed by atoms with Gasteiger partial charge in [-0.15, -0.1) is 0 Å². The fourth-order valence-corrected chi connectivity index (χ4v) is 2.16. The molecule has 4 heteroatoms. The number of rotatable bonds is 4. The van der Waals surface area contributed by atoms with Crippen LogP contribution in [0.1, 0.15) is 25.3 Å². The second-order valence-corrected chi connectivity index (χ2v) is 4.29. The van der Waals surface area contributed by atoms with E-state index in [-0.39, 0.29) is 0 Å². The first kappa shape index (κ1) is 12.3. The highest BCUT2D eigenvalue weighted by Crippen LogP contribution is 2.25. The third kappa shape index (κ3) is 2.94. The van der Waals surface area contributed by atoms with E-state index in [9.17, 15) is 8.78 Å². The Labute approximate surface area is 100 Å². The summed E-state index contributed by atoms with van der Waals surface area (Å²) in [5.41, 5.74) is 0.729. The molecule has 0 radical (unpaired) electrons. The van der Waals surface area contributed by atoms with Crippen molar-refractivity contribution in [2.45, 2.75) is 26.3 Å². The van der Waals surface area contributed by atoms with E-state index < -0.39 is 11.6 Å². The average molecular weight is 241 g/mol. The summed E-state index contributed by atoms with van der Waals surface area (Å²) in [6, 6.07) is 2.39. The van der Waals surface area contributed by atoms with Gasteiger partial charge in [0.15, 0.2) is 11.6 Å². The third-order valence-electron chi connectivity index (χ3n) is 3.00. The number of halogens is 2. The van der Waals surface area contributed by atoms with Crippen molar-refractivity contribution >= 4 is 0 Å². The Bertz CT molecular complexity index is 389. The monoisotopic (exact) mass is 241 g/mol. The first-order valence-corrected chi connectivity index (χ1v) is 6.03. The van der Waals surface area contributed by atoms with E-state index >= 15 is 0 Å². The molecule has 1 saturated heterocycles. The second-order valence-electron chi connectivity index (χ2n) is 4.29. The van der Waals surface area contributed by atoms with E-state index in [0.717, 1.165) is 24.7 Å². The van der Waals surface area contributed by atoms with Crippen LogP contribution < -0.4 is 4.74 Å². The van der Waals surface area contributed by atoms with Gasteiger partial charge in [0.25, 0.3) is 0 Å².